The van der Waals surface area contributed by atoms with E-state index in [0.29, 0.717) is 11.6 Å². The molecule has 0 aliphatic heterocycles. The van der Waals surface area contributed by atoms with Crippen LogP contribution < -0.4 is 0 Å². The monoisotopic (exact) mass is 379 g/mol. The minimum Gasteiger partial charge on any atom is -0.461 e. The van der Waals surface area contributed by atoms with E-state index in [1.165, 1.54) is 16.9 Å². The number of hydrogen-bond acceptors (Lipinski definition) is 5. The molecule has 6 heteroatoms. The maximum Gasteiger partial charge on any atom is 0.367 e. The van der Waals surface area contributed by atoms with Gasteiger partial charge in [-0.3, -0.25) is 0 Å². The van der Waals surface area contributed by atoms with E-state index < -0.39 is 0 Å². The molecule has 4 rings (SSSR count). The van der Waals surface area contributed by atoms with Crippen molar-refractivity contribution in [1.82, 2.24) is 15.0 Å². The van der Waals surface area contributed by atoms with Crippen molar-refractivity contribution >= 4 is 33.9 Å². The Hall–Kier alpha value is -2.73. The van der Waals surface area contributed by atoms with E-state index in [0.717, 1.165) is 34.3 Å². The number of carbonyl (C=O) groups is 1. The van der Waals surface area contributed by atoms with Crippen LogP contribution in [0.2, 0.25) is 0 Å². The molecule has 1 aliphatic rings. The number of aromatic nitrogens is 3. The molecule has 5 nitrogen and oxygen atoms in total. The summed E-state index contributed by atoms with van der Waals surface area (Å²) in [5.41, 5.74) is 4.96. The van der Waals surface area contributed by atoms with Crippen LogP contribution in [0.1, 0.15) is 42.6 Å². The van der Waals surface area contributed by atoms with Gasteiger partial charge in [0.25, 0.3) is 0 Å². The van der Waals surface area contributed by atoms with Crippen molar-refractivity contribution in [3.05, 3.63) is 52.6 Å². The number of thiazole rings is 1. The maximum absolute atomic E-state index is 11.9. The van der Waals surface area contributed by atoms with Gasteiger partial charge in [-0.1, -0.05) is 32.1 Å². The zero-order valence-corrected chi connectivity index (χ0v) is 16.4. The number of pyridine rings is 1. The van der Waals surface area contributed by atoms with Crippen LogP contribution in [-0.2, 0) is 4.74 Å². The zero-order valence-electron chi connectivity index (χ0n) is 15.6. The second-order valence-corrected chi connectivity index (χ2v) is 8.12. The minimum absolute atomic E-state index is 0.199. The van der Waals surface area contributed by atoms with E-state index in [-0.39, 0.29) is 11.4 Å². The van der Waals surface area contributed by atoms with Crippen LogP contribution in [0.25, 0.3) is 27.9 Å². The third-order valence-corrected chi connectivity index (χ3v) is 5.48. The van der Waals surface area contributed by atoms with Gasteiger partial charge in [-0.15, -0.1) is 11.3 Å². The Kier molecular flexibility index (Phi) is 4.44. The number of rotatable bonds is 4. The molecule has 3 aromatic heterocycles. The van der Waals surface area contributed by atoms with Gasteiger partial charge in [-0.25, -0.2) is 14.8 Å². The van der Waals surface area contributed by atoms with Crippen LogP contribution >= 0.6 is 11.3 Å². The quantitative estimate of drug-likeness (QED) is 0.630. The SMILES string of the molecule is CCOC(=O)c1nc(-c2c[nH]c3ncc(C4=CCC(C)(C)C=C4)cc23)cs1. The molecule has 0 bridgehead atoms. The van der Waals surface area contributed by atoms with Crippen molar-refractivity contribution in [2.24, 2.45) is 5.41 Å². The maximum atomic E-state index is 11.9. The van der Waals surface area contributed by atoms with Crippen molar-refractivity contribution in [3.63, 3.8) is 0 Å². The summed E-state index contributed by atoms with van der Waals surface area (Å²) >= 11 is 1.29. The van der Waals surface area contributed by atoms with Crippen LogP contribution in [0, 0.1) is 5.41 Å². The number of fused-ring (bicyclic) bond motifs is 1. The summed E-state index contributed by atoms with van der Waals surface area (Å²) in [6.07, 6.45) is 11.5. The Morgan fingerprint density at radius 1 is 1.41 bits per heavy atom. The Balaban J connectivity index is 1.70. The van der Waals surface area contributed by atoms with Crippen LogP contribution in [0.4, 0.5) is 0 Å². The molecule has 0 saturated carbocycles. The summed E-state index contributed by atoms with van der Waals surface area (Å²) in [5, 5.41) is 3.24. The molecule has 0 spiro atoms. The van der Waals surface area contributed by atoms with E-state index in [2.05, 4.69) is 53.1 Å². The lowest BCUT2D eigenvalue weighted by molar-refractivity contribution is 0.0526. The summed E-state index contributed by atoms with van der Waals surface area (Å²) in [6.45, 7) is 6.58. The highest BCUT2D eigenvalue weighted by Gasteiger charge is 2.19. The molecular weight excluding hydrogens is 358 g/mol. The summed E-state index contributed by atoms with van der Waals surface area (Å²) in [7, 11) is 0. The van der Waals surface area contributed by atoms with Gasteiger partial charge in [-0.2, -0.15) is 0 Å². The number of esters is 1. The highest BCUT2D eigenvalue weighted by Crippen LogP contribution is 2.34. The standard InChI is InChI=1S/C21H21N3O2S/c1-4-26-20(25)19-24-17(12-27-19)16-11-23-18-15(16)9-14(10-22-18)13-5-7-21(2,3)8-6-13/h5-7,9-12H,4,8H2,1-3H3,(H,22,23). The first kappa shape index (κ1) is 17.7. The third kappa shape index (κ3) is 3.45. The van der Waals surface area contributed by atoms with Gasteiger partial charge in [-0.05, 0) is 30.4 Å². The number of nitrogens with one attached hydrogen (secondary N) is 1. The fourth-order valence-corrected chi connectivity index (χ4v) is 3.80. The molecule has 3 aromatic rings. The topological polar surface area (TPSA) is 67.9 Å². The predicted octanol–water partition coefficient (Wildman–Crippen LogP) is 5.23. The summed E-state index contributed by atoms with van der Waals surface area (Å²) in [6, 6.07) is 2.13. The molecule has 27 heavy (non-hydrogen) atoms. The first-order valence-electron chi connectivity index (χ1n) is 8.97. The molecule has 0 radical (unpaired) electrons. The van der Waals surface area contributed by atoms with Crippen molar-refractivity contribution in [3.8, 4) is 11.3 Å². The van der Waals surface area contributed by atoms with Gasteiger partial charge >= 0.3 is 5.97 Å². The Labute approximate surface area is 161 Å². The van der Waals surface area contributed by atoms with Crippen LogP contribution in [-0.4, -0.2) is 27.5 Å². The van der Waals surface area contributed by atoms with Crippen molar-refractivity contribution in [1.29, 1.82) is 0 Å². The average molecular weight is 379 g/mol. The number of ether oxygens (including phenoxy) is 1. The first-order chi connectivity index (χ1) is 13.0. The lowest BCUT2D eigenvalue weighted by Crippen LogP contribution is -2.08. The summed E-state index contributed by atoms with van der Waals surface area (Å²) < 4.78 is 5.04. The highest BCUT2D eigenvalue weighted by atomic mass is 32.1. The van der Waals surface area contributed by atoms with E-state index >= 15 is 0 Å². The van der Waals surface area contributed by atoms with Gasteiger partial charge in [0, 0.05) is 34.3 Å². The van der Waals surface area contributed by atoms with Crippen molar-refractivity contribution in [2.75, 3.05) is 6.61 Å². The fraction of sp³-hybridized carbons (Fsp3) is 0.286. The van der Waals surface area contributed by atoms with Gasteiger partial charge in [0.05, 0.1) is 12.3 Å². The molecular formula is C21H21N3O2S. The van der Waals surface area contributed by atoms with E-state index in [4.69, 9.17) is 4.74 Å². The third-order valence-electron chi connectivity index (χ3n) is 4.66. The van der Waals surface area contributed by atoms with Crippen LogP contribution in [0.3, 0.4) is 0 Å². The van der Waals surface area contributed by atoms with Gasteiger partial charge < -0.3 is 9.72 Å². The van der Waals surface area contributed by atoms with E-state index in [9.17, 15) is 4.79 Å². The number of aromatic amines is 1. The number of hydrogen-bond donors (Lipinski definition) is 1. The number of carbonyl (C=O) groups excluding carboxylic acids is 1. The molecule has 0 saturated heterocycles. The molecule has 3 heterocycles. The molecule has 0 aromatic carbocycles. The first-order valence-corrected chi connectivity index (χ1v) is 9.85. The van der Waals surface area contributed by atoms with E-state index in [1.54, 1.807) is 6.92 Å². The highest BCUT2D eigenvalue weighted by molar-refractivity contribution is 7.11. The lowest BCUT2D eigenvalue weighted by atomic mass is 9.83. The van der Waals surface area contributed by atoms with Crippen LogP contribution in [0.5, 0.6) is 0 Å². The fourth-order valence-electron chi connectivity index (χ4n) is 3.10. The lowest BCUT2D eigenvalue weighted by Gasteiger charge is -2.22. The molecule has 138 valence electrons. The molecule has 1 N–H and O–H groups in total. The van der Waals surface area contributed by atoms with Gasteiger partial charge in [0.15, 0.2) is 0 Å². The molecule has 0 fully saturated rings. The summed E-state index contributed by atoms with van der Waals surface area (Å²) in [4.78, 5) is 24.1. The van der Waals surface area contributed by atoms with Crippen LogP contribution in [0.15, 0.2) is 42.1 Å². The molecule has 1 aliphatic carbocycles. The Morgan fingerprint density at radius 3 is 3.00 bits per heavy atom. The largest absolute Gasteiger partial charge is 0.461 e. The zero-order chi connectivity index (χ0) is 19.0. The van der Waals surface area contributed by atoms with Gasteiger partial charge in [0.2, 0.25) is 5.01 Å². The Bertz CT molecular complexity index is 1070. The second kappa shape index (κ2) is 6.78. The number of nitrogens with zero attached hydrogens (tertiary/aromatic N) is 2. The predicted molar refractivity (Wildman–Crippen MR) is 109 cm³/mol. The summed E-state index contributed by atoms with van der Waals surface area (Å²) in [5.74, 6) is -0.382. The average Bonchev–Trinajstić information content (AvgIpc) is 3.28. The van der Waals surface area contributed by atoms with E-state index in [1.807, 2.05) is 17.8 Å². The molecule has 0 amide bonds. The van der Waals surface area contributed by atoms with Gasteiger partial charge in [0.1, 0.15) is 5.65 Å². The minimum atomic E-state index is -0.382. The Morgan fingerprint density at radius 2 is 2.26 bits per heavy atom. The molecule has 0 atom stereocenters. The second-order valence-electron chi connectivity index (χ2n) is 7.27. The molecule has 0 unspecified atom stereocenters. The number of H-pyrrole nitrogens is 1. The van der Waals surface area contributed by atoms with Crippen molar-refractivity contribution in [2.45, 2.75) is 27.2 Å². The normalized spacial score (nSPS) is 15.7. The number of allylic oxidation sites excluding steroid dienone is 4. The smallest absolute Gasteiger partial charge is 0.367 e. The van der Waals surface area contributed by atoms with Crippen molar-refractivity contribution < 1.29 is 9.53 Å².